The van der Waals surface area contributed by atoms with Crippen LogP contribution >= 0.6 is 0 Å². The molecule has 3 nitrogen and oxygen atoms in total. The standard InChI is InChI=1S/C12H18N2O/c13-12(15,10-6-2-1-3-7-10)11-8-4-5-9-14-11/h4-5,8-10,15H,1-3,6-7,13H2. The van der Waals surface area contributed by atoms with E-state index in [1.54, 1.807) is 12.3 Å². The van der Waals surface area contributed by atoms with Crippen LogP contribution in [0.4, 0.5) is 0 Å². The van der Waals surface area contributed by atoms with Crippen LogP contribution in [0.3, 0.4) is 0 Å². The molecule has 3 heteroatoms. The molecule has 1 atom stereocenters. The third-order valence-electron chi connectivity index (χ3n) is 3.30. The number of pyridine rings is 1. The Bertz CT molecular complexity index is 305. The van der Waals surface area contributed by atoms with Gasteiger partial charge in [-0.2, -0.15) is 0 Å². The van der Waals surface area contributed by atoms with Crippen molar-refractivity contribution < 1.29 is 5.11 Å². The molecule has 1 unspecified atom stereocenters. The monoisotopic (exact) mass is 206 g/mol. The molecule has 1 fully saturated rings. The van der Waals surface area contributed by atoms with Gasteiger partial charge in [0.15, 0.2) is 5.72 Å². The summed E-state index contributed by atoms with van der Waals surface area (Å²) in [4.78, 5) is 4.15. The van der Waals surface area contributed by atoms with Gasteiger partial charge >= 0.3 is 0 Å². The molecule has 1 aliphatic carbocycles. The van der Waals surface area contributed by atoms with E-state index in [-0.39, 0.29) is 5.92 Å². The van der Waals surface area contributed by atoms with Crippen molar-refractivity contribution >= 4 is 0 Å². The first kappa shape index (κ1) is 10.6. The molecular weight excluding hydrogens is 188 g/mol. The topological polar surface area (TPSA) is 59.1 Å². The lowest BCUT2D eigenvalue weighted by Gasteiger charge is -2.34. The number of rotatable bonds is 2. The molecule has 0 bridgehead atoms. The molecule has 82 valence electrons. The van der Waals surface area contributed by atoms with Crippen molar-refractivity contribution in [2.75, 3.05) is 0 Å². The van der Waals surface area contributed by atoms with Crippen LogP contribution < -0.4 is 5.73 Å². The quantitative estimate of drug-likeness (QED) is 0.725. The molecule has 0 aromatic carbocycles. The summed E-state index contributed by atoms with van der Waals surface area (Å²) in [5, 5.41) is 10.3. The molecule has 15 heavy (non-hydrogen) atoms. The zero-order valence-electron chi connectivity index (χ0n) is 8.89. The number of nitrogens with zero attached hydrogens (tertiary/aromatic N) is 1. The minimum absolute atomic E-state index is 0.154. The third kappa shape index (κ3) is 2.19. The highest BCUT2D eigenvalue weighted by Gasteiger charge is 2.36. The summed E-state index contributed by atoms with van der Waals surface area (Å²) in [5.74, 6) is 0.154. The highest BCUT2D eigenvalue weighted by atomic mass is 16.3. The van der Waals surface area contributed by atoms with E-state index in [2.05, 4.69) is 4.98 Å². The van der Waals surface area contributed by atoms with Crippen molar-refractivity contribution in [1.29, 1.82) is 0 Å². The van der Waals surface area contributed by atoms with Crippen LogP contribution in [0, 0.1) is 5.92 Å². The minimum Gasteiger partial charge on any atom is -0.370 e. The first-order chi connectivity index (χ1) is 7.21. The van der Waals surface area contributed by atoms with Gasteiger partial charge < -0.3 is 5.11 Å². The average Bonchev–Trinajstić information content (AvgIpc) is 2.31. The Labute approximate surface area is 90.3 Å². The van der Waals surface area contributed by atoms with Crippen molar-refractivity contribution in [2.24, 2.45) is 11.7 Å². The molecular formula is C12H18N2O. The largest absolute Gasteiger partial charge is 0.370 e. The van der Waals surface area contributed by atoms with Gasteiger partial charge in [0, 0.05) is 12.1 Å². The third-order valence-corrected chi connectivity index (χ3v) is 3.30. The smallest absolute Gasteiger partial charge is 0.159 e. The fraction of sp³-hybridized carbons (Fsp3) is 0.583. The number of aromatic nitrogens is 1. The van der Waals surface area contributed by atoms with Crippen LogP contribution in [0.25, 0.3) is 0 Å². The van der Waals surface area contributed by atoms with Crippen molar-refractivity contribution in [3.8, 4) is 0 Å². The number of nitrogens with two attached hydrogens (primary N) is 1. The Morgan fingerprint density at radius 1 is 1.27 bits per heavy atom. The lowest BCUT2D eigenvalue weighted by atomic mass is 9.80. The predicted molar refractivity (Wildman–Crippen MR) is 58.9 cm³/mol. The SMILES string of the molecule is NC(O)(c1ccccn1)C1CCCCC1. The van der Waals surface area contributed by atoms with Gasteiger partial charge in [-0.15, -0.1) is 0 Å². The van der Waals surface area contributed by atoms with Crippen molar-refractivity contribution in [3.63, 3.8) is 0 Å². The van der Waals surface area contributed by atoms with Crippen molar-refractivity contribution in [2.45, 2.75) is 37.8 Å². The second-order valence-corrected chi connectivity index (χ2v) is 4.38. The molecule has 1 aromatic heterocycles. The molecule has 0 radical (unpaired) electrons. The lowest BCUT2D eigenvalue weighted by molar-refractivity contribution is -0.0369. The summed E-state index contributed by atoms with van der Waals surface area (Å²) in [6.45, 7) is 0. The van der Waals surface area contributed by atoms with E-state index < -0.39 is 5.72 Å². The summed E-state index contributed by atoms with van der Waals surface area (Å²) >= 11 is 0. The van der Waals surface area contributed by atoms with Gasteiger partial charge in [-0.05, 0) is 25.0 Å². The predicted octanol–water partition coefficient (Wildman–Crippen LogP) is 1.77. The van der Waals surface area contributed by atoms with E-state index in [4.69, 9.17) is 5.73 Å². The average molecular weight is 206 g/mol. The highest BCUT2D eigenvalue weighted by molar-refractivity contribution is 5.12. The van der Waals surface area contributed by atoms with Crippen molar-refractivity contribution in [3.05, 3.63) is 30.1 Å². The van der Waals surface area contributed by atoms with Gasteiger partial charge in [0.2, 0.25) is 0 Å². The van der Waals surface area contributed by atoms with Crippen molar-refractivity contribution in [1.82, 2.24) is 4.98 Å². The summed E-state index contributed by atoms with van der Waals surface area (Å²) in [6.07, 6.45) is 7.27. The summed E-state index contributed by atoms with van der Waals surface area (Å²) in [6, 6.07) is 5.50. The van der Waals surface area contributed by atoms with Gasteiger partial charge in [0.05, 0.1) is 5.69 Å². The number of aliphatic hydroxyl groups is 1. The molecule has 0 amide bonds. The molecule has 3 N–H and O–H groups in total. The van der Waals surface area contributed by atoms with Gasteiger partial charge in [-0.25, -0.2) is 0 Å². The second kappa shape index (κ2) is 4.29. The summed E-state index contributed by atoms with van der Waals surface area (Å²) in [5.41, 5.74) is 5.35. The molecule has 1 aliphatic rings. The molecule has 2 rings (SSSR count). The first-order valence-electron chi connectivity index (χ1n) is 5.64. The van der Waals surface area contributed by atoms with Crippen LogP contribution in [0.15, 0.2) is 24.4 Å². The van der Waals surface area contributed by atoms with Gasteiger partial charge in [0.25, 0.3) is 0 Å². The fourth-order valence-corrected chi connectivity index (χ4v) is 2.35. The highest BCUT2D eigenvalue weighted by Crippen LogP contribution is 2.34. The second-order valence-electron chi connectivity index (χ2n) is 4.38. The van der Waals surface area contributed by atoms with Gasteiger partial charge in [0.1, 0.15) is 0 Å². The Morgan fingerprint density at radius 2 is 2.00 bits per heavy atom. The summed E-state index contributed by atoms with van der Waals surface area (Å²) < 4.78 is 0. The van der Waals surface area contributed by atoms with Crippen LogP contribution in [0.5, 0.6) is 0 Å². The summed E-state index contributed by atoms with van der Waals surface area (Å²) in [7, 11) is 0. The van der Waals surface area contributed by atoms with Gasteiger partial charge in [-0.1, -0.05) is 25.3 Å². The van der Waals surface area contributed by atoms with Crippen LogP contribution in [-0.4, -0.2) is 10.1 Å². The normalized spacial score (nSPS) is 22.3. The van der Waals surface area contributed by atoms with Crippen LogP contribution in [-0.2, 0) is 5.72 Å². The zero-order chi connectivity index (χ0) is 10.7. The fourth-order valence-electron chi connectivity index (χ4n) is 2.35. The molecule has 0 spiro atoms. The maximum absolute atomic E-state index is 10.3. The Hall–Kier alpha value is -0.930. The molecule has 0 saturated heterocycles. The van der Waals surface area contributed by atoms with E-state index in [9.17, 15) is 5.11 Å². The minimum atomic E-state index is -1.25. The van der Waals surface area contributed by atoms with E-state index >= 15 is 0 Å². The van der Waals surface area contributed by atoms with E-state index in [0.29, 0.717) is 5.69 Å². The van der Waals surface area contributed by atoms with Crippen LogP contribution in [0.2, 0.25) is 0 Å². The number of hydrogen-bond acceptors (Lipinski definition) is 3. The lowest BCUT2D eigenvalue weighted by Crippen LogP contribution is -2.45. The maximum atomic E-state index is 10.3. The van der Waals surface area contributed by atoms with Crippen LogP contribution in [0.1, 0.15) is 37.8 Å². The maximum Gasteiger partial charge on any atom is 0.159 e. The first-order valence-corrected chi connectivity index (χ1v) is 5.64. The van der Waals surface area contributed by atoms with E-state index in [1.807, 2.05) is 12.1 Å². The molecule has 0 aliphatic heterocycles. The number of hydrogen-bond donors (Lipinski definition) is 2. The van der Waals surface area contributed by atoms with E-state index in [1.165, 1.54) is 6.42 Å². The Balaban J connectivity index is 2.18. The Kier molecular flexibility index (Phi) is 3.03. The molecule has 1 heterocycles. The Morgan fingerprint density at radius 3 is 2.60 bits per heavy atom. The molecule has 1 saturated carbocycles. The van der Waals surface area contributed by atoms with Gasteiger partial charge in [-0.3, -0.25) is 10.7 Å². The van der Waals surface area contributed by atoms with E-state index in [0.717, 1.165) is 25.7 Å². The molecule has 1 aromatic rings. The zero-order valence-corrected chi connectivity index (χ0v) is 8.89.